The first-order valence-corrected chi connectivity index (χ1v) is 7.68. The average Bonchev–Trinajstić information content (AvgIpc) is 2.29. The Hall–Kier alpha value is -0.980. The van der Waals surface area contributed by atoms with Gasteiger partial charge in [0.05, 0.1) is 0 Å². The molecular weight excluding hydrogens is 230 g/mol. The van der Waals surface area contributed by atoms with E-state index in [0.717, 1.165) is 5.92 Å². The number of fused-ring (bicyclic) bond motifs is 2. The van der Waals surface area contributed by atoms with Crippen LogP contribution in [0.5, 0.6) is 0 Å². The Balaban J connectivity index is 2.06. The summed E-state index contributed by atoms with van der Waals surface area (Å²) >= 11 is 0. The van der Waals surface area contributed by atoms with Crippen LogP contribution in [0.3, 0.4) is 0 Å². The predicted molar refractivity (Wildman–Crippen MR) is 82.7 cm³/mol. The van der Waals surface area contributed by atoms with Crippen molar-refractivity contribution >= 4 is 5.69 Å². The second-order valence-corrected chi connectivity index (χ2v) is 7.98. The minimum absolute atomic E-state index is 0.299. The first-order valence-electron chi connectivity index (χ1n) is 7.68. The van der Waals surface area contributed by atoms with E-state index < -0.39 is 0 Å². The van der Waals surface area contributed by atoms with Crippen molar-refractivity contribution in [2.45, 2.75) is 65.3 Å². The van der Waals surface area contributed by atoms with E-state index in [4.69, 9.17) is 0 Å². The number of para-hydroxylation sites is 1. The third kappa shape index (κ3) is 1.98. The zero-order chi connectivity index (χ0) is 13.8. The summed E-state index contributed by atoms with van der Waals surface area (Å²) in [6.45, 7) is 12.0. The van der Waals surface area contributed by atoms with Gasteiger partial charge in [-0.2, -0.15) is 0 Å². The molecule has 1 aliphatic heterocycles. The predicted octanol–water partition coefficient (Wildman–Crippen LogP) is 4.89. The van der Waals surface area contributed by atoms with E-state index in [2.05, 4.69) is 58.1 Å². The lowest BCUT2D eigenvalue weighted by atomic mass is 9.58. The largest absolute Gasteiger partial charge is 0.382 e. The number of nitrogens with one attached hydrogen (secondary N) is 1. The first-order chi connectivity index (χ1) is 8.81. The van der Waals surface area contributed by atoms with Gasteiger partial charge in [0, 0.05) is 11.7 Å². The molecule has 1 nitrogen and oxygen atoms in total. The molecule has 0 bridgehead atoms. The van der Waals surface area contributed by atoms with Crippen LogP contribution >= 0.6 is 0 Å². The molecule has 1 N–H and O–H groups in total. The van der Waals surface area contributed by atoms with Crippen LogP contribution in [0.15, 0.2) is 18.2 Å². The highest BCUT2D eigenvalue weighted by Gasteiger charge is 2.46. The van der Waals surface area contributed by atoms with Crippen LogP contribution in [0.25, 0.3) is 0 Å². The molecule has 1 aromatic carbocycles. The Morgan fingerprint density at radius 1 is 1.16 bits per heavy atom. The van der Waals surface area contributed by atoms with E-state index in [-0.39, 0.29) is 0 Å². The minimum atomic E-state index is 0.299. The molecule has 1 saturated carbocycles. The Kier molecular flexibility index (Phi) is 2.75. The van der Waals surface area contributed by atoms with Crippen LogP contribution in [-0.4, -0.2) is 6.04 Å². The third-order valence-corrected chi connectivity index (χ3v) is 5.61. The van der Waals surface area contributed by atoms with Crippen molar-refractivity contribution in [1.82, 2.24) is 0 Å². The van der Waals surface area contributed by atoms with Gasteiger partial charge in [0.1, 0.15) is 0 Å². The van der Waals surface area contributed by atoms with E-state index in [1.54, 1.807) is 0 Å². The van der Waals surface area contributed by atoms with E-state index in [9.17, 15) is 0 Å². The van der Waals surface area contributed by atoms with Crippen LogP contribution in [-0.2, 0) is 5.41 Å². The van der Waals surface area contributed by atoms with Crippen molar-refractivity contribution in [3.8, 4) is 0 Å². The number of hydrogen-bond donors (Lipinski definition) is 1. The lowest BCUT2D eigenvalue weighted by molar-refractivity contribution is 0.119. The molecule has 1 aliphatic carbocycles. The number of rotatable bonds is 0. The molecule has 1 heterocycles. The highest BCUT2D eigenvalue weighted by Crippen LogP contribution is 2.52. The van der Waals surface area contributed by atoms with Crippen LogP contribution in [0.2, 0.25) is 0 Å². The van der Waals surface area contributed by atoms with Crippen molar-refractivity contribution in [2.75, 3.05) is 5.32 Å². The molecule has 0 unspecified atom stereocenters. The fourth-order valence-electron chi connectivity index (χ4n) is 4.38. The number of aryl methyl sites for hydroxylation is 1. The zero-order valence-corrected chi connectivity index (χ0v) is 13.0. The van der Waals surface area contributed by atoms with Crippen molar-refractivity contribution in [1.29, 1.82) is 0 Å². The number of benzene rings is 1. The van der Waals surface area contributed by atoms with Crippen molar-refractivity contribution in [3.63, 3.8) is 0 Å². The van der Waals surface area contributed by atoms with Gasteiger partial charge in [-0.15, -0.1) is 0 Å². The fraction of sp³-hybridized carbons (Fsp3) is 0.667. The molecule has 3 rings (SSSR count). The van der Waals surface area contributed by atoms with E-state index >= 15 is 0 Å². The maximum absolute atomic E-state index is 3.88. The SMILES string of the molecule is Cc1cccc2c1N[C@@H]1CC(C)(C)CC[C@H]1C2(C)C. The van der Waals surface area contributed by atoms with Crippen LogP contribution in [0, 0.1) is 18.3 Å². The van der Waals surface area contributed by atoms with Crippen molar-refractivity contribution < 1.29 is 0 Å². The second kappa shape index (κ2) is 4.01. The molecule has 0 spiro atoms. The summed E-state index contributed by atoms with van der Waals surface area (Å²) in [5.74, 6) is 0.773. The first kappa shape index (κ1) is 13.0. The van der Waals surface area contributed by atoms with Gasteiger partial charge in [0.25, 0.3) is 0 Å². The van der Waals surface area contributed by atoms with Gasteiger partial charge in [-0.1, -0.05) is 45.9 Å². The van der Waals surface area contributed by atoms with Gasteiger partial charge in [-0.3, -0.25) is 0 Å². The average molecular weight is 257 g/mol. The highest BCUT2D eigenvalue weighted by molar-refractivity contribution is 5.63. The Labute approximate surface area is 117 Å². The lowest BCUT2D eigenvalue weighted by Gasteiger charge is -2.52. The van der Waals surface area contributed by atoms with Crippen LogP contribution in [0.4, 0.5) is 5.69 Å². The van der Waals surface area contributed by atoms with E-state index in [0.29, 0.717) is 16.9 Å². The lowest BCUT2D eigenvalue weighted by Crippen LogP contribution is -2.50. The quantitative estimate of drug-likeness (QED) is 0.697. The van der Waals surface area contributed by atoms with E-state index in [1.807, 2.05) is 0 Å². The van der Waals surface area contributed by atoms with Crippen molar-refractivity contribution in [2.24, 2.45) is 11.3 Å². The van der Waals surface area contributed by atoms with Gasteiger partial charge >= 0.3 is 0 Å². The van der Waals surface area contributed by atoms with Gasteiger partial charge < -0.3 is 5.32 Å². The molecule has 0 saturated heterocycles. The van der Waals surface area contributed by atoms with E-state index in [1.165, 1.54) is 36.1 Å². The highest BCUT2D eigenvalue weighted by atomic mass is 15.0. The van der Waals surface area contributed by atoms with Crippen LogP contribution in [0.1, 0.15) is 58.1 Å². The third-order valence-electron chi connectivity index (χ3n) is 5.61. The summed E-state index contributed by atoms with van der Waals surface area (Å²) in [5, 5.41) is 3.88. The molecule has 1 fully saturated rings. The van der Waals surface area contributed by atoms with Gasteiger partial charge in [0.2, 0.25) is 0 Å². The summed E-state index contributed by atoms with van der Waals surface area (Å²) in [7, 11) is 0. The summed E-state index contributed by atoms with van der Waals surface area (Å²) < 4.78 is 0. The molecule has 2 atom stereocenters. The Bertz CT molecular complexity index is 498. The molecular formula is C18H27N. The monoisotopic (exact) mass is 257 g/mol. The fourth-order valence-corrected chi connectivity index (χ4v) is 4.38. The summed E-state index contributed by atoms with van der Waals surface area (Å²) in [6.07, 6.45) is 4.01. The molecule has 19 heavy (non-hydrogen) atoms. The van der Waals surface area contributed by atoms with Gasteiger partial charge in [0.15, 0.2) is 0 Å². The van der Waals surface area contributed by atoms with Crippen molar-refractivity contribution in [3.05, 3.63) is 29.3 Å². The molecule has 104 valence electrons. The summed E-state index contributed by atoms with van der Waals surface area (Å²) in [5.41, 5.74) is 5.12. The standard InChI is InChI=1S/C18H27N/c1-12-7-6-8-14-16(12)19-15-11-17(2,3)10-9-13(15)18(14,4)5/h6-8,13,15,19H,9-11H2,1-5H3/t13-,15-/m1/s1. The summed E-state index contributed by atoms with van der Waals surface area (Å²) in [4.78, 5) is 0. The molecule has 0 aromatic heterocycles. The normalized spacial score (nSPS) is 31.0. The maximum Gasteiger partial charge on any atom is 0.0410 e. The van der Waals surface area contributed by atoms with Crippen LogP contribution < -0.4 is 5.32 Å². The molecule has 2 aliphatic rings. The Morgan fingerprint density at radius 3 is 2.63 bits per heavy atom. The summed E-state index contributed by atoms with van der Waals surface area (Å²) in [6, 6.07) is 7.42. The van der Waals surface area contributed by atoms with Gasteiger partial charge in [-0.05, 0) is 54.1 Å². The smallest absolute Gasteiger partial charge is 0.0410 e. The van der Waals surface area contributed by atoms with Gasteiger partial charge in [-0.25, -0.2) is 0 Å². The second-order valence-electron chi connectivity index (χ2n) is 7.98. The zero-order valence-electron chi connectivity index (χ0n) is 13.0. The molecule has 1 aromatic rings. The Morgan fingerprint density at radius 2 is 1.89 bits per heavy atom. The maximum atomic E-state index is 3.88. The molecule has 0 amide bonds. The topological polar surface area (TPSA) is 12.0 Å². The number of anilines is 1. The minimum Gasteiger partial charge on any atom is -0.382 e. The molecule has 1 heteroatoms. The number of hydrogen-bond acceptors (Lipinski definition) is 1. The molecule has 0 radical (unpaired) electrons.